The monoisotopic (exact) mass is 311 g/mol. The summed E-state index contributed by atoms with van der Waals surface area (Å²) in [7, 11) is 0. The van der Waals surface area contributed by atoms with Crippen molar-refractivity contribution in [3.05, 3.63) is 0 Å². The van der Waals surface area contributed by atoms with Crippen LogP contribution in [0.2, 0.25) is 0 Å². The van der Waals surface area contributed by atoms with Gasteiger partial charge in [-0.1, -0.05) is 40.0 Å². The summed E-state index contributed by atoms with van der Waals surface area (Å²) in [6, 6.07) is 6.39. The number of hydrogen-bond acceptors (Lipinski definition) is 4. The van der Waals surface area contributed by atoms with E-state index in [0.29, 0.717) is 6.54 Å². The van der Waals surface area contributed by atoms with Crippen LogP contribution in [0.5, 0.6) is 0 Å². The van der Waals surface area contributed by atoms with Gasteiger partial charge < -0.3 is 4.90 Å². The summed E-state index contributed by atoms with van der Waals surface area (Å²) in [6.07, 6.45) is 4.41. The summed E-state index contributed by atoms with van der Waals surface area (Å²) in [5.74, 6) is 0.265. The van der Waals surface area contributed by atoms with Crippen molar-refractivity contribution >= 4 is 5.84 Å². The second-order valence-electron chi connectivity index (χ2n) is 6.76. The Bertz CT molecular complexity index is 590. The number of nitriles is 3. The fraction of sp³-hybridized carbons (Fsp3) is 0.778. The lowest BCUT2D eigenvalue weighted by molar-refractivity contribution is 0.166. The number of rotatable bonds is 6. The number of unbranched alkanes of at least 4 members (excludes halogenated alkanes) is 1. The number of piperidine rings is 1. The molecule has 0 aromatic heterocycles. The highest BCUT2D eigenvalue weighted by atomic mass is 15.3. The minimum absolute atomic E-state index is 0.0721. The Labute approximate surface area is 139 Å². The summed E-state index contributed by atoms with van der Waals surface area (Å²) in [5, 5.41) is 38.5. The van der Waals surface area contributed by atoms with Crippen molar-refractivity contribution in [2.75, 3.05) is 6.54 Å². The molecule has 2 bridgehead atoms. The molecule has 4 atom stereocenters. The summed E-state index contributed by atoms with van der Waals surface area (Å²) in [6.45, 7) is 6.86. The van der Waals surface area contributed by atoms with Crippen molar-refractivity contribution in [2.45, 2.75) is 58.9 Å². The van der Waals surface area contributed by atoms with Crippen LogP contribution in [0.3, 0.4) is 0 Å². The summed E-state index contributed by atoms with van der Waals surface area (Å²) in [4.78, 5) is 1.90. The van der Waals surface area contributed by atoms with Crippen molar-refractivity contribution in [2.24, 2.45) is 22.7 Å². The van der Waals surface area contributed by atoms with Gasteiger partial charge in [-0.25, -0.2) is 0 Å². The van der Waals surface area contributed by atoms with E-state index in [1.807, 2.05) is 4.90 Å². The Hall–Kier alpha value is -2.06. The highest BCUT2D eigenvalue weighted by Crippen LogP contribution is 2.67. The SMILES string of the molecule is CCCCN1C(=N)[C@@]2(C#N)[C@@H](CCC)[C@H](CC)[C@H]1C2(C#N)C#N. The van der Waals surface area contributed by atoms with E-state index in [4.69, 9.17) is 5.41 Å². The van der Waals surface area contributed by atoms with E-state index in [1.54, 1.807) is 0 Å². The zero-order valence-electron chi connectivity index (χ0n) is 14.3. The van der Waals surface area contributed by atoms with Gasteiger partial charge in [0.1, 0.15) is 5.84 Å². The van der Waals surface area contributed by atoms with Crippen LogP contribution < -0.4 is 0 Å². The number of amidine groups is 1. The molecule has 0 unspecified atom stereocenters. The zero-order chi connectivity index (χ0) is 17.3. The lowest BCUT2D eigenvalue weighted by atomic mass is 9.63. The third-order valence-electron chi connectivity index (χ3n) is 5.89. The van der Waals surface area contributed by atoms with Crippen molar-refractivity contribution in [1.29, 1.82) is 21.2 Å². The molecule has 0 spiro atoms. The predicted molar refractivity (Wildman–Crippen MR) is 87.0 cm³/mol. The molecule has 23 heavy (non-hydrogen) atoms. The molecule has 1 aliphatic carbocycles. The molecule has 2 aliphatic rings. The van der Waals surface area contributed by atoms with E-state index in [-0.39, 0.29) is 23.7 Å². The molecule has 1 heterocycles. The smallest absolute Gasteiger partial charge is 0.189 e. The predicted octanol–water partition coefficient (Wildman–Crippen LogP) is 3.45. The first kappa shape index (κ1) is 17.3. The second kappa shape index (κ2) is 6.21. The maximum atomic E-state index is 10.0. The Morgan fingerprint density at radius 1 is 1.09 bits per heavy atom. The first-order valence-electron chi connectivity index (χ1n) is 8.65. The van der Waals surface area contributed by atoms with Gasteiger partial charge in [-0.3, -0.25) is 5.41 Å². The quantitative estimate of drug-likeness (QED) is 0.812. The molecule has 1 saturated carbocycles. The molecule has 0 radical (unpaired) electrons. The largest absolute Gasteiger partial charge is 0.353 e. The van der Waals surface area contributed by atoms with Crippen LogP contribution in [0, 0.1) is 62.1 Å². The van der Waals surface area contributed by atoms with E-state index in [2.05, 4.69) is 39.0 Å². The fourth-order valence-electron chi connectivity index (χ4n) is 4.97. The first-order chi connectivity index (χ1) is 11.1. The highest BCUT2D eigenvalue weighted by Gasteiger charge is 2.79. The lowest BCUT2D eigenvalue weighted by Crippen LogP contribution is -2.50. The van der Waals surface area contributed by atoms with Gasteiger partial charge in [0, 0.05) is 6.54 Å². The molecular formula is C18H25N5. The van der Waals surface area contributed by atoms with E-state index >= 15 is 0 Å². The van der Waals surface area contributed by atoms with E-state index in [0.717, 1.165) is 32.1 Å². The number of nitrogens with zero attached hydrogens (tertiary/aromatic N) is 4. The van der Waals surface area contributed by atoms with E-state index in [9.17, 15) is 15.8 Å². The maximum absolute atomic E-state index is 10.0. The van der Waals surface area contributed by atoms with E-state index in [1.165, 1.54) is 0 Å². The van der Waals surface area contributed by atoms with Crippen LogP contribution in [-0.2, 0) is 0 Å². The zero-order valence-corrected chi connectivity index (χ0v) is 14.3. The Morgan fingerprint density at radius 2 is 1.74 bits per heavy atom. The minimum atomic E-state index is -1.41. The molecule has 5 nitrogen and oxygen atoms in total. The third kappa shape index (κ3) is 1.85. The molecule has 0 aromatic rings. The number of hydrogen-bond donors (Lipinski definition) is 1. The molecule has 2 rings (SSSR count). The van der Waals surface area contributed by atoms with Crippen LogP contribution in [0.15, 0.2) is 0 Å². The molecule has 1 N–H and O–H groups in total. The molecule has 2 fully saturated rings. The Kier molecular flexibility index (Phi) is 4.67. The van der Waals surface area contributed by atoms with Crippen molar-refractivity contribution in [3.63, 3.8) is 0 Å². The van der Waals surface area contributed by atoms with Crippen molar-refractivity contribution in [3.8, 4) is 18.2 Å². The van der Waals surface area contributed by atoms with Gasteiger partial charge in [0.25, 0.3) is 0 Å². The van der Waals surface area contributed by atoms with Gasteiger partial charge in [0.2, 0.25) is 0 Å². The molecule has 1 aliphatic heterocycles. The second-order valence-corrected chi connectivity index (χ2v) is 6.76. The first-order valence-corrected chi connectivity index (χ1v) is 8.65. The van der Waals surface area contributed by atoms with Gasteiger partial charge in [0.15, 0.2) is 10.8 Å². The van der Waals surface area contributed by atoms with Gasteiger partial charge in [-0.05, 0) is 24.7 Å². The fourth-order valence-corrected chi connectivity index (χ4v) is 4.97. The van der Waals surface area contributed by atoms with E-state index < -0.39 is 10.8 Å². The van der Waals surface area contributed by atoms with Crippen LogP contribution in [0.1, 0.15) is 52.9 Å². The Morgan fingerprint density at radius 3 is 2.17 bits per heavy atom. The van der Waals surface area contributed by atoms with Crippen LogP contribution in [-0.4, -0.2) is 23.3 Å². The normalized spacial score (nSPS) is 34.0. The van der Waals surface area contributed by atoms with Crippen LogP contribution in [0.25, 0.3) is 0 Å². The Balaban J connectivity index is 2.66. The molecule has 1 saturated heterocycles. The number of fused-ring (bicyclic) bond motifs is 2. The highest BCUT2D eigenvalue weighted by molar-refractivity contribution is 5.95. The van der Waals surface area contributed by atoms with Crippen molar-refractivity contribution < 1.29 is 0 Å². The summed E-state index contributed by atoms with van der Waals surface area (Å²) < 4.78 is 0. The molecule has 0 aromatic carbocycles. The van der Waals surface area contributed by atoms with Gasteiger partial charge in [0.05, 0.1) is 24.2 Å². The van der Waals surface area contributed by atoms with Crippen molar-refractivity contribution in [1.82, 2.24) is 4.90 Å². The average molecular weight is 311 g/mol. The van der Waals surface area contributed by atoms with Gasteiger partial charge >= 0.3 is 0 Å². The lowest BCUT2D eigenvalue weighted by Gasteiger charge is -2.41. The summed E-state index contributed by atoms with van der Waals surface area (Å²) >= 11 is 0. The topological polar surface area (TPSA) is 98.5 Å². The third-order valence-corrected chi connectivity index (χ3v) is 5.89. The van der Waals surface area contributed by atoms with Gasteiger partial charge in [-0.15, -0.1) is 0 Å². The number of nitrogens with one attached hydrogen (secondary N) is 1. The standard InChI is InChI=1S/C18H25N5/c1-4-7-9-23-15-13(6-3)14(8-5-2)18(12-21,16(23)22)17(15,10-19)11-20/h13-15,22H,4-9H2,1-3H3/t13-,14-,15-,18+/m0/s1. The molecular weight excluding hydrogens is 286 g/mol. The molecule has 122 valence electrons. The van der Waals surface area contributed by atoms with Crippen LogP contribution >= 0.6 is 0 Å². The maximum Gasteiger partial charge on any atom is 0.189 e. The minimum Gasteiger partial charge on any atom is -0.353 e. The molecule has 5 heteroatoms. The number of likely N-dealkylation sites (tertiary alicyclic amines) is 1. The van der Waals surface area contributed by atoms with Gasteiger partial charge in [-0.2, -0.15) is 15.8 Å². The van der Waals surface area contributed by atoms with Crippen LogP contribution in [0.4, 0.5) is 0 Å². The summed E-state index contributed by atoms with van der Waals surface area (Å²) in [5.41, 5.74) is -2.68. The molecule has 0 amide bonds. The average Bonchev–Trinajstić information content (AvgIpc) is 2.93.